The average molecular weight is 497 g/mol. The van der Waals surface area contributed by atoms with Crippen LogP contribution in [0.1, 0.15) is 10.4 Å². The molecule has 1 amide bonds. The second-order valence-electron chi connectivity index (χ2n) is 7.97. The van der Waals surface area contributed by atoms with Crippen molar-refractivity contribution in [1.29, 1.82) is 0 Å². The molecule has 176 valence electrons. The molecule has 0 aliphatic carbocycles. The van der Waals surface area contributed by atoms with Crippen molar-refractivity contribution in [2.75, 3.05) is 51.8 Å². The Kier molecular flexibility index (Phi) is 6.82. The van der Waals surface area contributed by atoms with Gasteiger partial charge in [-0.05, 0) is 29.6 Å². The van der Waals surface area contributed by atoms with E-state index in [1.54, 1.807) is 24.5 Å². The first kappa shape index (κ1) is 22.9. The van der Waals surface area contributed by atoms with Crippen LogP contribution in [0.25, 0.3) is 21.0 Å². The third-order valence-corrected chi connectivity index (χ3v) is 7.12. The van der Waals surface area contributed by atoms with E-state index in [2.05, 4.69) is 21.6 Å². The van der Waals surface area contributed by atoms with Gasteiger partial charge in [0.1, 0.15) is 18.2 Å². The van der Waals surface area contributed by atoms with Crippen molar-refractivity contribution >= 4 is 61.3 Å². The SMILES string of the molecule is CNC(=O)c1cccc2c1nc(Nc1cc(OCCN3CCOCC3)ccc1Cl)c1sccc12. The van der Waals surface area contributed by atoms with Crippen molar-refractivity contribution in [2.24, 2.45) is 0 Å². The van der Waals surface area contributed by atoms with Crippen LogP contribution in [-0.4, -0.2) is 62.3 Å². The predicted molar refractivity (Wildman–Crippen MR) is 138 cm³/mol. The second kappa shape index (κ2) is 10.1. The first-order valence-corrected chi connectivity index (χ1v) is 12.4. The third-order valence-electron chi connectivity index (χ3n) is 5.87. The highest BCUT2D eigenvalue weighted by Gasteiger charge is 2.17. The lowest BCUT2D eigenvalue weighted by Gasteiger charge is -2.26. The van der Waals surface area contributed by atoms with Gasteiger partial charge in [0.25, 0.3) is 5.91 Å². The van der Waals surface area contributed by atoms with E-state index < -0.39 is 0 Å². The molecule has 4 aromatic rings. The lowest BCUT2D eigenvalue weighted by Crippen LogP contribution is -2.38. The van der Waals surface area contributed by atoms with Crippen molar-refractivity contribution < 1.29 is 14.3 Å². The summed E-state index contributed by atoms with van der Waals surface area (Å²) in [7, 11) is 1.62. The number of carbonyl (C=O) groups excluding carboxylic acids is 1. The highest BCUT2D eigenvalue weighted by Crippen LogP contribution is 2.37. The summed E-state index contributed by atoms with van der Waals surface area (Å²) in [4.78, 5) is 19.7. The molecule has 0 atom stereocenters. The number of hydrogen-bond acceptors (Lipinski definition) is 7. The Morgan fingerprint density at radius 1 is 1.21 bits per heavy atom. The molecule has 34 heavy (non-hydrogen) atoms. The zero-order valence-corrected chi connectivity index (χ0v) is 20.3. The molecular weight excluding hydrogens is 472 g/mol. The van der Waals surface area contributed by atoms with E-state index in [-0.39, 0.29) is 5.91 Å². The van der Waals surface area contributed by atoms with Crippen LogP contribution in [0.4, 0.5) is 11.5 Å². The molecule has 1 aliphatic heterocycles. The van der Waals surface area contributed by atoms with Crippen molar-refractivity contribution in [2.45, 2.75) is 0 Å². The number of nitrogens with zero attached hydrogens (tertiary/aromatic N) is 2. The van der Waals surface area contributed by atoms with Crippen molar-refractivity contribution in [3.63, 3.8) is 0 Å². The summed E-state index contributed by atoms with van der Waals surface area (Å²) in [5, 5.41) is 10.7. The first-order chi connectivity index (χ1) is 16.6. The Morgan fingerprint density at radius 2 is 2.06 bits per heavy atom. The van der Waals surface area contributed by atoms with Crippen molar-refractivity contribution in [3.05, 3.63) is 58.4 Å². The van der Waals surface area contributed by atoms with Crippen LogP contribution in [0.15, 0.2) is 47.8 Å². The summed E-state index contributed by atoms with van der Waals surface area (Å²) in [6.45, 7) is 4.83. The Hall–Kier alpha value is -2.91. The second-order valence-corrected chi connectivity index (χ2v) is 9.30. The maximum Gasteiger partial charge on any atom is 0.253 e. The van der Waals surface area contributed by atoms with E-state index in [1.165, 1.54) is 0 Å². The minimum atomic E-state index is -0.174. The topological polar surface area (TPSA) is 75.7 Å². The molecule has 0 saturated carbocycles. The number of carbonyl (C=O) groups is 1. The summed E-state index contributed by atoms with van der Waals surface area (Å²) in [6.07, 6.45) is 0. The molecule has 9 heteroatoms. The Bertz CT molecular complexity index is 1340. The smallest absolute Gasteiger partial charge is 0.253 e. The monoisotopic (exact) mass is 496 g/mol. The summed E-state index contributed by atoms with van der Waals surface area (Å²) in [6, 6.07) is 13.3. The molecule has 0 unspecified atom stereocenters. The highest BCUT2D eigenvalue weighted by molar-refractivity contribution is 7.18. The number of hydrogen-bond donors (Lipinski definition) is 2. The number of nitrogens with one attached hydrogen (secondary N) is 2. The zero-order chi connectivity index (χ0) is 23.5. The van der Waals surface area contributed by atoms with Crippen LogP contribution in [0.3, 0.4) is 0 Å². The van der Waals surface area contributed by atoms with Gasteiger partial charge in [-0.25, -0.2) is 4.98 Å². The van der Waals surface area contributed by atoms with Gasteiger partial charge in [0.05, 0.1) is 39.7 Å². The minimum absolute atomic E-state index is 0.174. The van der Waals surface area contributed by atoms with Crippen LogP contribution >= 0.6 is 22.9 Å². The summed E-state index contributed by atoms with van der Waals surface area (Å²) in [5.41, 5.74) is 1.87. The van der Waals surface area contributed by atoms with E-state index >= 15 is 0 Å². The number of morpholine rings is 1. The normalized spacial score (nSPS) is 14.4. The van der Waals surface area contributed by atoms with Gasteiger partial charge in [-0.2, -0.15) is 0 Å². The standard InChI is InChI=1S/C25H25ClN4O3S/c1-27-25(31)19-4-2-3-17-18-7-14-34-23(18)24(29-22(17)19)28-21-15-16(5-6-20(21)26)33-13-10-30-8-11-32-12-9-30/h2-7,14-15H,8-13H2,1H3,(H,27,31)(H,28,29). The van der Waals surface area contributed by atoms with E-state index in [1.807, 2.05) is 35.7 Å². The maximum atomic E-state index is 12.5. The Labute approximate surface area is 206 Å². The molecule has 0 spiro atoms. The largest absolute Gasteiger partial charge is 0.492 e. The number of amides is 1. The molecule has 2 N–H and O–H groups in total. The van der Waals surface area contributed by atoms with Crippen LogP contribution in [0.5, 0.6) is 5.75 Å². The summed E-state index contributed by atoms with van der Waals surface area (Å²) < 4.78 is 12.4. The lowest BCUT2D eigenvalue weighted by molar-refractivity contribution is 0.0322. The number of pyridine rings is 1. The zero-order valence-electron chi connectivity index (χ0n) is 18.8. The molecule has 2 aromatic heterocycles. The number of anilines is 2. The first-order valence-electron chi connectivity index (χ1n) is 11.2. The Morgan fingerprint density at radius 3 is 2.88 bits per heavy atom. The van der Waals surface area contributed by atoms with Crippen LogP contribution in [-0.2, 0) is 4.74 Å². The van der Waals surface area contributed by atoms with Crippen LogP contribution in [0.2, 0.25) is 5.02 Å². The van der Waals surface area contributed by atoms with E-state index in [0.29, 0.717) is 34.2 Å². The molecule has 3 heterocycles. The summed E-state index contributed by atoms with van der Waals surface area (Å²) >= 11 is 8.11. The van der Waals surface area contributed by atoms with Gasteiger partial charge in [-0.3, -0.25) is 9.69 Å². The van der Waals surface area contributed by atoms with E-state index in [9.17, 15) is 4.79 Å². The Balaban J connectivity index is 1.43. The highest BCUT2D eigenvalue weighted by atomic mass is 35.5. The fourth-order valence-corrected chi connectivity index (χ4v) is 5.10. The van der Waals surface area contributed by atoms with Gasteiger partial charge >= 0.3 is 0 Å². The molecule has 2 aromatic carbocycles. The summed E-state index contributed by atoms with van der Waals surface area (Å²) in [5.74, 6) is 1.21. The number of aromatic nitrogens is 1. The number of halogens is 1. The minimum Gasteiger partial charge on any atom is -0.492 e. The maximum absolute atomic E-state index is 12.5. The van der Waals surface area contributed by atoms with Gasteiger partial charge < -0.3 is 20.1 Å². The molecular formula is C25H25ClN4O3S. The fraction of sp³-hybridized carbons (Fsp3) is 0.280. The predicted octanol–water partition coefficient (Wildman–Crippen LogP) is 4.92. The molecule has 0 bridgehead atoms. The fourth-order valence-electron chi connectivity index (χ4n) is 4.09. The van der Waals surface area contributed by atoms with E-state index in [4.69, 9.17) is 26.1 Å². The molecule has 5 rings (SSSR count). The van der Waals surface area contributed by atoms with Gasteiger partial charge in [0.15, 0.2) is 0 Å². The van der Waals surface area contributed by atoms with E-state index in [0.717, 1.165) is 54.1 Å². The number of para-hydroxylation sites is 1. The quantitative estimate of drug-likeness (QED) is 0.378. The average Bonchev–Trinajstić information content (AvgIpc) is 3.37. The van der Waals surface area contributed by atoms with Crippen molar-refractivity contribution in [1.82, 2.24) is 15.2 Å². The van der Waals surface area contributed by atoms with Gasteiger partial charge in [0.2, 0.25) is 0 Å². The van der Waals surface area contributed by atoms with Crippen LogP contribution in [0, 0.1) is 0 Å². The van der Waals surface area contributed by atoms with Crippen molar-refractivity contribution in [3.8, 4) is 5.75 Å². The third kappa shape index (κ3) is 4.67. The van der Waals surface area contributed by atoms with Gasteiger partial charge in [-0.1, -0.05) is 23.7 Å². The number of rotatable bonds is 7. The molecule has 1 fully saturated rings. The molecule has 7 nitrogen and oxygen atoms in total. The number of fused-ring (bicyclic) bond motifs is 3. The molecule has 0 radical (unpaired) electrons. The number of benzene rings is 2. The number of thiophene rings is 1. The van der Waals surface area contributed by atoms with Crippen LogP contribution < -0.4 is 15.4 Å². The number of ether oxygens (including phenoxy) is 2. The molecule has 1 saturated heterocycles. The lowest BCUT2D eigenvalue weighted by atomic mass is 10.1. The molecule has 1 aliphatic rings. The van der Waals surface area contributed by atoms with Gasteiger partial charge in [-0.15, -0.1) is 11.3 Å². The van der Waals surface area contributed by atoms with Gasteiger partial charge in [0, 0.05) is 43.5 Å².